The third kappa shape index (κ3) is 9.88. The van der Waals surface area contributed by atoms with Crippen molar-refractivity contribution < 1.29 is 34.3 Å². The molecule has 0 atom stereocenters. The molecule has 0 bridgehead atoms. The van der Waals surface area contributed by atoms with Gasteiger partial charge in [-0.15, -0.1) is 12.8 Å². The number of aromatic hydroxyl groups is 1. The number of hydrogen-bond acceptors (Lipinski definition) is 10. The number of hydrogen-bond donors (Lipinski definition) is 1. The summed E-state index contributed by atoms with van der Waals surface area (Å²) in [6.45, 7) is 0.0267. The Morgan fingerprint density at radius 3 is 1.71 bits per heavy atom. The molecule has 4 aromatic carbocycles. The summed E-state index contributed by atoms with van der Waals surface area (Å²) in [6, 6.07) is 23.5. The lowest BCUT2D eigenvalue weighted by molar-refractivity contribution is -0.384. The van der Waals surface area contributed by atoms with Gasteiger partial charge in [-0.2, -0.15) is 0 Å². The predicted molar refractivity (Wildman–Crippen MR) is 195 cm³/mol. The molecular formula is C37H26BrFN2O10. The van der Waals surface area contributed by atoms with Crippen molar-refractivity contribution >= 4 is 49.2 Å². The Morgan fingerprint density at radius 1 is 0.804 bits per heavy atom. The summed E-state index contributed by atoms with van der Waals surface area (Å²) in [7, 11) is -1.00. The fraction of sp³-hybridized carbons (Fsp3) is 0.0811. The van der Waals surface area contributed by atoms with Gasteiger partial charge in [-0.05, 0) is 48.5 Å². The average Bonchev–Trinajstić information content (AvgIpc) is 3.14. The van der Waals surface area contributed by atoms with Crippen molar-refractivity contribution in [2.24, 2.45) is 0 Å². The molecule has 0 amide bonds. The fourth-order valence-electron chi connectivity index (χ4n) is 4.44. The van der Waals surface area contributed by atoms with Crippen LogP contribution in [0.2, 0.25) is 0 Å². The highest BCUT2D eigenvalue weighted by molar-refractivity contribution is 9.09. The summed E-state index contributed by atoms with van der Waals surface area (Å²) in [6.07, 6.45) is 9.87. The minimum atomic E-state index is -1.00. The van der Waals surface area contributed by atoms with E-state index in [0.717, 1.165) is 0 Å². The van der Waals surface area contributed by atoms with Gasteiger partial charge in [0.05, 0.1) is 45.6 Å². The van der Waals surface area contributed by atoms with Gasteiger partial charge in [0.1, 0.15) is 40.8 Å². The monoisotopic (exact) mass is 757 g/mol. The smallest absolute Gasteiger partial charge is 0.280 e. The first-order chi connectivity index (χ1) is 25.0. The van der Waals surface area contributed by atoms with Crippen LogP contribution in [0, 0.1) is 44.9 Å². The average molecular weight is 759 g/mol. The molecule has 1 N–H and O–H groups in total. The molecule has 51 heavy (non-hydrogen) atoms. The van der Waals surface area contributed by atoms with Crippen molar-refractivity contribution in [2.45, 2.75) is 0 Å². The van der Waals surface area contributed by atoms with E-state index in [9.17, 15) is 39.3 Å². The predicted octanol–water partition coefficient (Wildman–Crippen LogP) is 8.05. The first-order valence-electron chi connectivity index (χ1n) is 14.9. The van der Waals surface area contributed by atoms with Gasteiger partial charge in [0.2, 0.25) is 0 Å². The van der Waals surface area contributed by atoms with Gasteiger partial charge in [-0.3, -0.25) is 34.2 Å². The lowest BCUT2D eigenvalue weighted by Gasteiger charge is -2.07. The lowest BCUT2D eigenvalue weighted by Crippen LogP contribution is -2.02. The van der Waals surface area contributed by atoms with E-state index in [1.807, 2.05) is 0 Å². The van der Waals surface area contributed by atoms with Crippen molar-refractivity contribution in [3.05, 3.63) is 138 Å². The topological polar surface area (TPSA) is 176 Å². The molecule has 0 aliphatic carbocycles. The van der Waals surface area contributed by atoms with Crippen LogP contribution in [0.25, 0.3) is 44.6 Å². The lowest BCUT2D eigenvalue weighted by atomic mass is 10.1. The molecule has 0 radical (unpaired) electrons. The zero-order valence-electron chi connectivity index (χ0n) is 27.3. The normalized spacial score (nSPS) is 10.0. The molecule has 6 aromatic rings. The molecule has 0 spiro atoms. The molecule has 0 aliphatic heterocycles. The van der Waals surface area contributed by atoms with Crippen LogP contribution in [-0.4, -0.2) is 34.0 Å². The first-order valence-corrected chi connectivity index (χ1v) is 15.3. The molecule has 2 aromatic heterocycles. The van der Waals surface area contributed by atoms with Crippen LogP contribution in [0.1, 0.15) is 1.37 Å². The summed E-state index contributed by atoms with van der Waals surface area (Å²) in [4.78, 5) is 45.5. The Bertz CT molecular complexity index is 2420. The Hall–Kier alpha value is -6.77. The van der Waals surface area contributed by atoms with Gasteiger partial charge < -0.3 is 18.7 Å². The number of alkyl halides is 2. The second-order valence-electron chi connectivity index (χ2n) is 9.67. The molecule has 0 saturated heterocycles. The van der Waals surface area contributed by atoms with Crippen LogP contribution in [0.4, 0.5) is 15.8 Å². The van der Waals surface area contributed by atoms with E-state index in [2.05, 4.69) is 27.8 Å². The number of rotatable bonds is 6. The van der Waals surface area contributed by atoms with Gasteiger partial charge in [-0.1, -0.05) is 52.0 Å². The van der Waals surface area contributed by atoms with E-state index in [0.29, 0.717) is 33.0 Å². The van der Waals surface area contributed by atoms with E-state index in [-0.39, 0.29) is 57.2 Å². The van der Waals surface area contributed by atoms with Gasteiger partial charge >= 0.3 is 0 Å². The van der Waals surface area contributed by atoms with Crippen LogP contribution in [0.3, 0.4) is 0 Å². The van der Waals surface area contributed by atoms with Crippen LogP contribution < -0.4 is 15.6 Å². The molecule has 0 fully saturated rings. The van der Waals surface area contributed by atoms with Crippen LogP contribution in [0.5, 0.6) is 11.5 Å². The Balaban J connectivity index is 0.000000239. The second kappa shape index (κ2) is 18.7. The molecule has 6 rings (SSSR count). The molecule has 2 heterocycles. The number of terminal acetylenes is 2. The number of para-hydroxylation sites is 2. The van der Waals surface area contributed by atoms with E-state index in [1.165, 1.54) is 48.5 Å². The van der Waals surface area contributed by atoms with Crippen molar-refractivity contribution in [3.8, 4) is 58.8 Å². The van der Waals surface area contributed by atoms with Crippen molar-refractivity contribution in [1.29, 1.82) is 0 Å². The minimum Gasteiger partial charge on any atom is -0.508 e. The van der Waals surface area contributed by atoms with Gasteiger partial charge in [0.15, 0.2) is 10.9 Å². The van der Waals surface area contributed by atoms with Crippen LogP contribution in [-0.2, 0) is 0 Å². The van der Waals surface area contributed by atoms with E-state index in [1.54, 1.807) is 48.5 Å². The molecule has 12 nitrogen and oxygen atoms in total. The van der Waals surface area contributed by atoms with Crippen molar-refractivity contribution in [3.63, 3.8) is 0 Å². The number of nitrogens with zero attached hydrogens (tertiary/aromatic N) is 2. The zero-order chi connectivity index (χ0) is 38.2. The highest BCUT2D eigenvalue weighted by Crippen LogP contribution is 2.35. The SMILES string of the molecule is C#CCBr.C#CCOc1ccc([N+](=O)[O-])c(-c2cc(=O)c3ccccc3o2)c1.O=c1cc(-c2cc(O)ccc2[N+](=O)[O-])oc2ccccc12.[2H]CF. The first kappa shape index (κ1) is 37.1. The third-order valence-corrected chi connectivity index (χ3v) is 6.86. The molecular weight excluding hydrogens is 731 g/mol. The number of phenols is 1. The summed E-state index contributed by atoms with van der Waals surface area (Å²) in [5, 5.41) is 33.3. The van der Waals surface area contributed by atoms with Gasteiger partial charge in [0, 0.05) is 24.3 Å². The highest BCUT2D eigenvalue weighted by atomic mass is 79.9. The number of ether oxygens (including phenoxy) is 1. The molecule has 0 saturated carbocycles. The quantitative estimate of drug-likeness (QED) is 0.0757. The number of fused-ring (bicyclic) bond motifs is 2. The van der Waals surface area contributed by atoms with E-state index >= 15 is 0 Å². The van der Waals surface area contributed by atoms with E-state index in [4.69, 9.17) is 27.8 Å². The maximum absolute atomic E-state index is 12.2. The largest absolute Gasteiger partial charge is 0.508 e. The van der Waals surface area contributed by atoms with Gasteiger partial charge in [-0.25, -0.2) is 0 Å². The number of phenolic OH excluding ortho intramolecular Hbond substituents is 1. The second-order valence-corrected chi connectivity index (χ2v) is 10.2. The number of nitro groups is 2. The number of nitro benzene ring substituents is 2. The Labute approximate surface area is 298 Å². The van der Waals surface area contributed by atoms with E-state index < -0.39 is 17.0 Å². The summed E-state index contributed by atoms with van der Waals surface area (Å²) < 4.78 is 32.0. The Morgan fingerprint density at radius 2 is 1.25 bits per heavy atom. The van der Waals surface area contributed by atoms with Crippen molar-refractivity contribution in [2.75, 3.05) is 19.1 Å². The van der Waals surface area contributed by atoms with Gasteiger partial charge in [0.25, 0.3) is 11.4 Å². The fourth-order valence-corrected chi connectivity index (χ4v) is 4.44. The maximum atomic E-state index is 12.2. The Kier molecular flexibility index (Phi) is 13.6. The molecule has 0 unspecified atom stereocenters. The van der Waals surface area contributed by atoms with Crippen LogP contribution >= 0.6 is 15.9 Å². The zero-order valence-corrected chi connectivity index (χ0v) is 27.9. The number of halogens is 2. The molecule has 0 aliphatic rings. The van der Waals surface area contributed by atoms with Crippen LogP contribution in [0.15, 0.2) is 115 Å². The third-order valence-electron chi connectivity index (χ3n) is 6.54. The highest BCUT2D eigenvalue weighted by Gasteiger charge is 2.21. The van der Waals surface area contributed by atoms with Crippen molar-refractivity contribution in [1.82, 2.24) is 0 Å². The molecule has 258 valence electrons. The maximum Gasteiger partial charge on any atom is 0.280 e. The molecule has 14 heteroatoms. The minimum absolute atomic E-state index is 0.0267. The summed E-state index contributed by atoms with van der Waals surface area (Å²) in [5.74, 6) is 5.01. The summed E-state index contributed by atoms with van der Waals surface area (Å²) >= 11 is 3.01. The summed E-state index contributed by atoms with van der Waals surface area (Å²) in [5.41, 5.74) is -0.129. The standard InChI is InChI=1S/C18H11NO5.C15H9NO5.C3H3Br.CH3F/c1-2-9-23-12-7-8-15(19(21)22)14(10-12)18-11-16(20)13-5-3-4-6-17(13)24-18;17-9-5-6-12(16(19)20)11(7-9)15-8-13(18)10-3-1-2-4-14(10)21-15;1-2-3-4;1-2/h1,3-8,10-11H,9H2;1-8,17H;1H,3H2;1H3/i;;;1D. The number of benzene rings is 4.